The molecule has 0 bridgehead atoms. The number of aromatic nitrogens is 4. The highest BCUT2D eigenvalue weighted by Gasteiger charge is 2.20. The lowest BCUT2D eigenvalue weighted by Gasteiger charge is -2.09. The Labute approximate surface area is 330 Å². The van der Waals surface area contributed by atoms with Crippen LogP contribution >= 0.6 is 11.3 Å². The van der Waals surface area contributed by atoms with Crippen LogP contribution in [-0.4, -0.2) is 19.5 Å². The van der Waals surface area contributed by atoms with Gasteiger partial charge in [0, 0.05) is 69.7 Å². The molecular formula is C51H30N4OS. The van der Waals surface area contributed by atoms with Crippen LogP contribution in [0.2, 0.25) is 0 Å². The van der Waals surface area contributed by atoms with E-state index >= 15 is 0 Å². The first-order valence-corrected chi connectivity index (χ1v) is 19.8. The molecule has 0 N–H and O–H groups in total. The summed E-state index contributed by atoms with van der Waals surface area (Å²) in [5, 5.41) is 7.08. The molecule has 12 aromatic rings. The fourth-order valence-corrected chi connectivity index (χ4v) is 9.63. The molecule has 0 fully saturated rings. The predicted molar refractivity (Wildman–Crippen MR) is 236 cm³/mol. The van der Waals surface area contributed by atoms with Crippen molar-refractivity contribution in [3.05, 3.63) is 182 Å². The number of benzene rings is 8. The maximum atomic E-state index is 6.75. The summed E-state index contributed by atoms with van der Waals surface area (Å²) in [7, 11) is 0. The fourth-order valence-electron chi connectivity index (χ4n) is 8.47. The Morgan fingerprint density at radius 2 is 1.00 bits per heavy atom. The van der Waals surface area contributed by atoms with Gasteiger partial charge in [-0.1, -0.05) is 133 Å². The maximum absolute atomic E-state index is 6.75. The largest absolute Gasteiger partial charge is 0.455 e. The normalized spacial score (nSPS) is 11.9. The van der Waals surface area contributed by atoms with Crippen molar-refractivity contribution in [2.45, 2.75) is 0 Å². The molecule has 0 spiro atoms. The third-order valence-electron chi connectivity index (χ3n) is 11.1. The zero-order chi connectivity index (χ0) is 37.5. The monoisotopic (exact) mass is 746 g/mol. The summed E-state index contributed by atoms with van der Waals surface area (Å²) in [4.78, 5) is 14.9. The Kier molecular flexibility index (Phi) is 7.03. The topological polar surface area (TPSA) is 56.7 Å². The summed E-state index contributed by atoms with van der Waals surface area (Å²) in [5.74, 6) is 1.89. The fraction of sp³-hybridized carbons (Fsp3) is 0. The lowest BCUT2D eigenvalue weighted by Crippen LogP contribution is -2.00. The lowest BCUT2D eigenvalue weighted by molar-refractivity contribution is 0.670. The van der Waals surface area contributed by atoms with E-state index in [4.69, 9.17) is 19.4 Å². The van der Waals surface area contributed by atoms with Gasteiger partial charge in [0.2, 0.25) is 0 Å². The zero-order valence-corrected chi connectivity index (χ0v) is 31.2. The van der Waals surface area contributed by atoms with Crippen molar-refractivity contribution in [1.29, 1.82) is 0 Å². The summed E-state index contributed by atoms with van der Waals surface area (Å²) in [6.45, 7) is 0. The van der Waals surface area contributed by atoms with E-state index in [-0.39, 0.29) is 0 Å². The Morgan fingerprint density at radius 3 is 1.70 bits per heavy atom. The standard InChI is InChI=1S/C51H30N4OS/c1-3-13-31(14-4-1)49-52-50(32-15-5-2-6-16-32)54-51(53-49)33-25-28-44-41(29-33)39-21-11-20-38(48(39)56-44)37-19-12-24-45-47(37)40-27-26-34(30-46(40)57-45)55-42-22-9-7-17-35(42)36-18-8-10-23-43(36)55/h1-30H. The quantitative estimate of drug-likeness (QED) is 0.176. The van der Waals surface area contributed by atoms with Gasteiger partial charge in [-0.3, -0.25) is 0 Å². The first-order valence-electron chi connectivity index (χ1n) is 19.0. The van der Waals surface area contributed by atoms with Crippen molar-refractivity contribution in [3.8, 4) is 51.0 Å². The first kappa shape index (κ1) is 31.9. The lowest BCUT2D eigenvalue weighted by atomic mass is 9.97. The van der Waals surface area contributed by atoms with E-state index in [0.717, 1.165) is 55.4 Å². The summed E-state index contributed by atoms with van der Waals surface area (Å²) in [5.41, 5.74) is 10.3. The highest BCUT2D eigenvalue weighted by atomic mass is 32.1. The number of hydrogen-bond donors (Lipinski definition) is 0. The molecule has 12 rings (SSSR count). The van der Waals surface area contributed by atoms with Crippen molar-refractivity contribution in [2.24, 2.45) is 0 Å². The van der Waals surface area contributed by atoms with Gasteiger partial charge < -0.3 is 8.98 Å². The van der Waals surface area contributed by atoms with Crippen LogP contribution in [0.25, 0.3) is 115 Å². The van der Waals surface area contributed by atoms with Crippen LogP contribution in [0, 0.1) is 0 Å². The molecule has 4 heterocycles. The van der Waals surface area contributed by atoms with Crippen molar-refractivity contribution in [1.82, 2.24) is 19.5 Å². The minimum Gasteiger partial charge on any atom is -0.455 e. The molecule has 8 aromatic carbocycles. The van der Waals surface area contributed by atoms with Crippen molar-refractivity contribution >= 4 is 75.3 Å². The average molecular weight is 747 g/mol. The number of para-hydroxylation sites is 3. The molecule has 266 valence electrons. The van der Waals surface area contributed by atoms with Gasteiger partial charge in [-0.2, -0.15) is 0 Å². The zero-order valence-electron chi connectivity index (χ0n) is 30.4. The second-order valence-electron chi connectivity index (χ2n) is 14.4. The Balaban J connectivity index is 1.00. The Bertz CT molecular complexity index is 3420. The molecule has 0 amide bonds. The molecule has 5 nitrogen and oxygen atoms in total. The first-order chi connectivity index (χ1) is 28.2. The van der Waals surface area contributed by atoms with Gasteiger partial charge in [0.1, 0.15) is 11.2 Å². The van der Waals surface area contributed by atoms with E-state index in [2.05, 4.69) is 114 Å². The van der Waals surface area contributed by atoms with E-state index in [9.17, 15) is 0 Å². The van der Waals surface area contributed by atoms with E-state index < -0.39 is 0 Å². The maximum Gasteiger partial charge on any atom is 0.164 e. The third-order valence-corrected chi connectivity index (χ3v) is 12.2. The molecule has 6 heteroatoms. The summed E-state index contributed by atoms with van der Waals surface area (Å²) in [6.07, 6.45) is 0. The van der Waals surface area contributed by atoms with Gasteiger partial charge in [-0.05, 0) is 54.1 Å². The third kappa shape index (κ3) is 5.04. The highest BCUT2D eigenvalue weighted by Crippen LogP contribution is 2.45. The molecular weight excluding hydrogens is 717 g/mol. The SMILES string of the molecule is c1ccc(-c2nc(-c3ccccc3)nc(-c3ccc4oc5c(-c6cccc7sc8cc(-n9c%10ccccc%10c%10ccccc%109)ccc8c67)cccc5c4c3)n2)cc1. The molecule has 0 unspecified atom stereocenters. The van der Waals surface area contributed by atoms with Gasteiger partial charge >= 0.3 is 0 Å². The van der Waals surface area contributed by atoms with Crippen LogP contribution in [-0.2, 0) is 0 Å². The van der Waals surface area contributed by atoms with E-state index in [1.54, 1.807) is 0 Å². The molecule has 0 aliphatic rings. The number of furan rings is 1. The highest BCUT2D eigenvalue weighted by molar-refractivity contribution is 7.26. The molecule has 0 atom stereocenters. The number of fused-ring (bicyclic) bond motifs is 9. The molecule has 0 aliphatic carbocycles. The molecule has 0 saturated carbocycles. The number of thiophene rings is 1. The molecule has 0 aliphatic heterocycles. The van der Waals surface area contributed by atoms with Crippen molar-refractivity contribution < 1.29 is 4.42 Å². The molecule has 57 heavy (non-hydrogen) atoms. The van der Waals surface area contributed by atoms with Crippen LogP contribution in [0.5, 0.6) is 0 Å². The van der Waals surface area contributed by atoms with Crippen molar-refractivity contribution in [2.75, 3.05) is 0 Å². The van der Waals surface area contributed by atoms with Crippen LogP contribution in [0.3, 0.4) is 0 Å². The number of nitrogens with zero attached hydrogens (tertiary/aromatic N) is 4. The smallest absolute Gasteiger partial charge is 0.164 e. The summed E-state index contributed by atoms with van der Waals surface area (Å²) >= 11 is 1.84. The van der Waals surface area contributed by atoms with Crippen LogP contribution in [0.1, 0.15) is 0 Å². The summed E-state index contributed by atoms with van der Waals surface area (Å²) in [6, 6.07) is 63.7. The number of rotatable bonds is 5. The minimum atomic E-state index is 0.616. The van der Waals surface area contributed by atoms with Gasteiger partial charge in [0.15, 0.2) is 17.5 Å². The Morgan fingerprint density at radius 1 is 0.404 bits per heavy atom. The van der Waals surface area contributed by atoms with Crippen LogP contribution in [0.15, 0.2) is 186 Å². The van der Waals surface area contributed by atoms with Crippen molar-refractivity contribution in [3.63, 3.8) is 0 Å². The van der Waals surface area contributed by atoms with E-state index in [0.29, 0.717) is 17.5 Å². The molecule has 0 radical (unpaired) electrons. The average Bonchev–Trinajstić information content (AvgIpc) is 3.96. The Hall–Kier alpha value is -7.41. The van der Waals surface area contributed by atoms with Crippen LogP contribution < -0.4 is 0 Å². The second kappa shape index (κ2) is 12.6. The van der Waals surface area contributed by atoms with E-state index in [1.165, 1.54) is 42.0 Å². The van der Waals surface area contributed by atoms with Crippen LogP contribution in [0.4, 0.5) is 0 Å². The number of hydrogen-bond acceptors (Lipinski definition) is 5. The van der Waals surface area contributed by atoms with Gasteiger partial charge in [0.05, 0.1) is 11.0 Å². The summed E-state index contributed by atoms with van der Waals surface area (Å²) < 4.78 is 11.6. The van der Waals surface area contributed by atoms with Gasteiger partial charge in [-0.15, -0.1) is 11.3 Å². The molecule has 4 aromatic heterocycles. The van der Waals surface area contributed by atoms with Gasteiger partial charge in [-0.25, -0.2) is 15.0 Å². The van der Waals surface area contributed by atoms with Gasteiger partial charge in [0.25, 0.3) is 0 Å². The van der Waals surface area contributed by atoms with E-state index in [1.807, 2.05) is 84.1 Å². The predicted octanol–water partition coefficient (Wildman–Crippen LogP) is 13.9. The molecule has 0 saturated heterocycles. The minimum absolute atomic E-state index is 0.616. The second-order valence-corrected chi connectivity index (χ2v) is 15.4.